The lowest BCUT2D eigenvalue weighted by atomic mass is 9.98. The molecule has 122 valence electrons. The van der Waals surface area contributed by atoms with Crippen molar-refractivity contribution in [2.45, 2.75) is 105 Å². The van der Waals surface area contributed by atoms with Crippen LogP contribution in [0.4, 0.5) is 0 Å². The highest BCUT2D eigenvalue weighted by Crippen LogP contribution is 2.17. The van der Waals surface area contributed by atoms with Gasteiger partial charge in [0, 0.05) is 24.2 Å². The van der Waals surface area contributed by atoms with E-state index in [1.807, 2.05) is 0 Å². The number of nitrogens with one attached hydrogen (secondary N) is 1. The molecule has 0 aliphatic carbocycles. The number of likely N-dealkylation sites (N-methyl/N-ethyl adjacent to an activating group) is 1. The van der Waals surface area contributed by atoms with Crippen LogP contribution in [-0.4, -0.2) is 36.1 Å². The van der Waals surface area contributed by atoms with Crippen LogP contribution < -0.4 is 5.32 Å². The van der Waals surface area contributed by atoms with Crippen molar-refractivity contribution in [2.24, 2.45) is 5.92 Å². The lowest BCUT2D eigenvalue weighted by molar-refractivity contribution is 0.127. The second-order valence-electron chi connectivity index (χ2n) is 6.82. The van der Waals surface area contributed by atoms with Crippen LogP contribution in [-0.2, 0) is 0 Å². The largest absolute Gasteiger partial charge is 0.310 e. The Morgan fingerprint density at radius 1 is 0.950 bits per heavy atom. The molecule has 0 aromatic carbocycles. The summed E-state index contributed by atoms with van der Waals surface area (Å²) in [5.41, 5.74) is 0. The van der Waals surface area contributed by atoms with Crippen LogP contribution in [0.2, 0.25) is 0 Å². The molecular weight excluding hydrogens is 244 g/mol. The standard InChI is InChI=1S/C18H40N2/c1-9-12-13-17(10-2)20(8)16(7)18(11-3)19-15(6)14(4)5/h14-19H,9-13H2,1-8H3. The Balaban J connectivity index is 4.58. The van der Waals surface area contributed by atoms with E-state index in [1.165, 1.54) is 32.1 Å². The zero-order valence-corrected chi connectivity index (χ0v) is 15.4. The van der Waals surface area contributed by atoms with E-state index in [-0.39, 0.29) is 0 Å². The smallest absolute Gasteiger partial charge is 0.0220 e. The second kappa shape index (κ2) is 10.6. The zero-order chi connectivity index (χ0) is 15.7. The molecule has 0 saturated heterocycles. The Labute approximate surface area is 128 Å². The number of hydrogen-bond acceptors (Lipinski definition) is 2. The van der Waals surface area contributed by atoms with E-state index < -0.39 is 0 Å². The van der Waals surface area contributed by atoms with Crippen LogP contribution in [0.3, 0.4) is 0 Å². The summed E-state index contributed by atoms with van der Waals surface area (Å²) >= 11 is 0. The summed E-state index contributed by atoms with van der Waals surface area (Å²) in [5.74, 6) is 0.698. The monoisotopic (exact) mass is 284 g/mol. The van der Waals surface area contributed by atoms with E-state index in [2.05, 4.69) is 65.7 Å². The number of rotatable bonds is 11. The van der Waals surface area contributed by atoms with Gasteiger partial charge in [0.2, 0.25) is 0 Å². The van der Waals surface area contributed by atoms with Gasteiger partial charge in [-0.15, -0.1) is 0 Å². The van der Waals surface area contributed by atoms with Crippen molar-refractivity contribution >= 4 is 0 Å². The van der Waals surface area contributed by atoms with Gasteiger partial charge in [-0.2, -0.15) is 0 Å². The third kappa shape index (κ3) is 6.58. The SMILES string of the molecule is CCCCC(CC)N(C)C(C)C(CC)NC(C)C(C)C. The zero-order valence-electron chi connectivity index (χ0n) is 15.4. The molecule has 4 atom stereocenters. The van der Waals surface area contributed by atoms with E-state index in [0.29, 0.717) is 24.0 Å². The van der Waals surface area contributed by atoms with Gasteiger partial charge in [-0.05, 0) is 46.1 Å². The number of nitrogens with zero attached hydrogens (tertiary/aromatic N) is 1. The normalized spacial score (nSPS) is 18.3. The molecule has 0 heterocycles. The Kier molecular flexibility index (Phi) is 10.6. The summed E-state index contributed by atoms with van der Waals surface area (Å²) in [5, 5.41) is 3.84. The molecule has 0 fully saturated rings. The third-order valence-electron chi connectivity index (χ3n) is 5.08. The second-order valence-corrected chi connectivity index (χ2v) is 6.82. The summed E-state index contributed by atoms with van der Waals surface area (Å²) in [6.07, 6.45) is 6.45. The Morgan fingerprint density at radius 2 is 1.55 bits per heavy atom. The topological polar surface area (TPSA) is 15.3 Å². The first kappa shape index (κ1) is 19.9. The molecule has 4 unspecified atom stereocenters. The van der Waals surface area contributed by atoms with Crippen molar-refractivity contribution in [2.75, 3.05) is 7.05 Å². The molecule has 1 N–H and O–H groups in total. The molecule has 0 aromatic rings. The minimum atomic E-state index is 0.589. The molecule has 2 nitrogen and oxygen atoms in total. The van der Waals surface area contributed by atoms with Crippen LogP contribution in [0.15, 0.2) is 0 Å². The van der Waals surface area contributed by atoms with Crippen molar-refractivity contribution < 1.29 is 0 Å². The predicted molar refractivity (Wildman–Crippen MR) is 92.3 cm³/mol. The van der Waals surface area contributed by atoms with Crippen LogP contribution in [0.1, 0.15) is 80.6 Å². The fraction of sp³-hybridized carbons (Fsp3) is 1.00. The fourth-order valence-electron chi connectivity index (χ4n) is 2.88. The van der Waals surface area contributed by atoms with E-state index in [4.69, 9.17) is 0 Å². The minimum Gasteiger partial charge on any atom is -0.310 e. The number of unbranched alkanes of at least 4 members (excludes halogenated alkanes) is 1. The maximum atomic E-state index is 3.84. The maximum Gasteiger partial charge on any atom is 0.0220 e. The quantitative estimate of drug-likeness (QED) is 0.592. The van der Waals surface area contributed by atoms with Crippen LogP contribution in [0, 0.1) is 5.92 Å². The molecule has 2 heteroatoms. The highest BCUT2D eigenvalue weighted by Gasteiger charge is 2.25. The summed E-state index contributed by atoms with van der Waals surface area (Å²) in [7, 11) is 2.32. The molecule has 0 bridgehead atoms. The van der Waals surface area contributed by atoms with Gasteiger partial charge in [0.25, 0.3) is 0 Å². The fourth-order valence-corrected chi connectivity index (χ4v) is 2.88. The van der Waals surface area contributed by atoms with E-state index in [1.54, 1.807) is 0 Å². The summed E-state index contributed by atoms with van der Waals surface area (Å²) in [6, 6.07) is 2.51. The first-order chi connectivity index (χ1) is 9.38. The van der Waals surface area contributed by atoms with Crippen molar-refractivity contribution in [1.82, 2.24) is 10.2 Å². The van der Waals surface area contributed by atoms with Crippen LogP contribution in [0.5, 0.6) is 0 Å². The van der Waals surface area contributed by atoms with Crippen LogP contribution in [0.25, 0.3) is 0 Å². The molecule has 0 saturated carbocycles. The molecule has 20 heavy (non-hydrogen) atoms. The van der Waals surface area contributed by atoms with Gasteiger partial charge < -0.3 is 5.32 Å². The number of hydrogen-bond donors (Lipinski definition) is 1. The van der Waals surface area contributed by atoms with E-state index in [0.717, 1.165) is 6.04 Å². The lowest BCUT2D eigenvalue weighted by Gasteiger charge is -2.39. The van der Waals surface area contributed by atoms with Crippen molar-refractivity contribution in [1.29, 1.82) is 0 Å². The highest BCUT2D eigenvalue weighted by atomic mass is 15.2. The van der Waals surface area contributed by atoms with Gasteiger partial charge >= 0.3 is 0 Å². The average molecular weight is 285 g/mol. The molecule has 0 aromatic heterocycles. The predicted octanol–water partition coefficient (Wildman–Crippen LogP) is 4.69. The molecule has 0 aliphatic rings. The molecule has 0 amide bonds. The average Bonchev–Trinajstić information content (AvgIpc) is 2.43. The minimum absolute atomic E-state index is 0.589. The van der Waals surface area contributed by atoms with Crippen molar-refractivity contribution in [3.05, 3.63) is 0 Å². The highest BCUT2D eigenvalue weighted by molar-refractivity contribution is 4.84. The Bertz CT molecular complexity index is 227. The van der Waals surface area contributed by atoms with Gasteiger partial charge in [0.1, 0.15) is 0 Å². The Hall–Kier alpha value is -0.0800. The van der Waals surface area contributed by atoms with E-state index in [9.17, 15) is 0 Å². The van der Waals surface area contributed by atoms with Crippen molar-refractivity contribution in [3.63, 3.8) is 0 Å². The van der Waals surface area contributed by atoms with Gasteiger partial charge in [-0.3, -0.25) is 4.90 Å². The lowest BCUT2D eigenvalue weighted by Crippen LogP contribution is -2.53. The summed E-state index contributed by atoms with van der Waals surface area (Å²) in [4.78, 5) is 2.61. The molecule has 0 aliphatic heterocycles. The van der Waals surface area contributed by atoms with Gasteiger partial charge in [-0.25, -0.2) is 0 Å². The molecule has 0 radical (unpaired) electrons. The van der Waals surface area contributed by atoms with Gasteiger partial charge in [-0.1, -0.05) is 47.5 Å². The van der Waals surface area contributed by atoms with Gasteiger partial charge in [0.05, 0.1) is 0 Å². The first-order valence-electron chi connectivity index (χ1n) is 8.86. The van der Waals surface area contributed by atoms with Crippen molar-refractivity contribution in [3.8, 4) is 0 Å². The van der Waals surface area contributed by atoms with Crippen LogP contribution >= 0.6 is 0 Å². The Morgan fingerprint density at radius 3 is 1.95 bits per heavy atom. The maximum absolute atomic E-state index is 3.84. The molecular formula is C18H40N2. The third-order valence-corrected chi connectivity index (χ3v) is 5.08. The molecule has 0 spiro atoms. The van der Waals surface area contributed by atoms with E-state index >= 15 is 0 Å². The summed E-state index contributed by atoms with van der Waals surface area (Å²) < 4.78 is 0. The molecule has 0 rings (SSSR count). The summed E-state index contributed by atoms with van der Waals surface area (Å²) in [6.45, 7) is 16.2. The first-order valence-corrected chi connectivity index (χ1v) is 8.86. The van der Waals surface area contributed by atoms with Gasteiger partial charge in [0.15, 0.2) is 0 Å².